The Morgan fingerprint density at radius 2 is 2.10 bits per heavy atom. The minimum absolute atomic E-state index is 0.155. The minimum Gasteiger partial charge on any atom is -0.377 e. The molecule has 1 saturated carbocycles. The molecule has 2 atom stereocenters. The van der Waals surface area contributed by atoms with Crippen LogP contribution in [-0.4, -0.2) is 12.4 Å². The van der Waals surface area contributed by atoms with Gasteiger partial charge in [0.1, 0.15) is 5.78 Å². The molecule has 0 spiro atoms. The number of rotatable bonds is 6. The highest BCUT2D eigenvalue weighted by atomic mass is 16.5. The first-order valence-electron chi connectivity index (χ1n) is 8.03. The maximum atomic E-state index is 12.0. The molecule has 1 fully saturated rings. The van der Waals surface area contributed by atoms with Crippen molar-refractivity contribution < 1.29 is 9.53 Å². The van der Waals surface area contributed by atoms with E-state index in [1.165, 1.54) is 17.6 Å². The number of carbonyl (C=O) groups excluding carboxylic acids is 1. The van der Waals surface area contributed by atoms with Crippen LogP contribution in [0.3, 0.4) is 0 Å². The summed E-state index contributed by atoms with van der Waals surface area (Å²) in [4.78, 5) is 12.0. The molecule has 0 saturated heterocycles. The molecular weight excluding hydrogens is 260 g/mol. The van der Waals surface area contributed by atoms with E-state index in [-0.39, 0.29) is 11.3 Å². The van der Waals surface area contributed by atoms with Crippen LogP contribution in [0.25, 0.3) is 0 Å². The Morgan fingerprint density at radius 1 is 1.29 bits per heavy atom. The van der Waals surface area contributed by atoms with Crippen LogP contribution in [0.1, 0.15) is 44.6 Å². The standard InChI is InChI=1S/C19H24O2/c1-15-12-17-8-10-19(15,13-18(17)20)9-5-11-21-14-16-6-3-2-4-7-16/h2-4,6-7,12,17H,5,8-11,13-14H2,1H3. The topological polar surface area (TPSA) is 26.3 Å². The summed E-state index contributed by atoms with van der Waals surface area (Å²) >= 11 is 0. The van der Waals surface area contributed by atoms with Gasteiger partial charge in [-0.05, 0) is 43.6 Å². The highest BCUT2D eigenvalue weighted by molar-refractivity contribution is 5.86. The van der Waals surface area contributed by atoms with Gasteiger partial charge >= 0.3 is 0 Å². The molecule has 0 radical (unpaired) electrons. The Kier molecular flexibility index (Phi) is 4.25. The third kappa shape index (κ3) is 3.11. The molecule has 1 aromatic carbocycles. The number of hydrogen-bond donors (Lipinski definition) is 0. The van der Waals surface area contributed by atoms with E-state index in [1.54, 1.807) is 0 Å². The smallest absolute Gasteiger partial charge is 0.140 e. The zero-order chi connectivity index (χ0) is 14.7. The Bertz CT molecular complexity index is 532. The zero-order valence-corrected chi connectivity index (χ0v) is 12.8. The molecule has 0 aliphatic heterocycles. The van der Waals surface area contributed by atoms with Crippen LogP contribution in [0, 0.1) is 11.3 Å². The van der Waals surface area contributed by atoms with Crippen molar-refractivity contribution >= 4 is 5.78 Å². The maximum Gasteiger partial charge on any atom is 0.140 e. The number of Topliss-reactive ketones (excluding diaryl/α,β-unsaturated/α-hetero) is 1. The van der Waals surface area contributed by atoms with Crippen LogP contribution in [-0.2, 0) is 16.1 Å². The van der Waals surface area contributed by atoms with Crippen molar-refractivity contribution in [3.05, 3.63) is 47.5 Å². The molecule has 112 valence electrons. The zero-order valence-electron chi connectivity index (χ0n) is 12.8. The van der Waals surface area contributed by atoms with E-state index >= 15 is 0 Å². The van der Waals surface area contributed by atoms with Gasteiger partial charge in [-0.2, -0.15) is 0 Å². The van der Waals surface area contributed by atoms with Crippen molar-refractivity contribution in [2.75, 3.05) is 6.61 Å². The Balaban J connectivity index is 1.46. The molecule has 2 heteroatoms. The van der Waals surface area contributed by atoms with Crippen LogP contribution >= 0.6 is 0 Å². The third-order valence-electron chi connectivity index (χ3n) is 5.20. The van der Waals surface area contributed by atoms with Crippen molar-refractivity contribution in [2.45, 2.75) is 45.6 Å². The van der Waals surface area contributed by atoms with E-state index in [2.05, 4.69) is 25.1 Å². The van der Waals surface area contributed by atoms with Crippen LogP contribution in [0.15, 0.2) is 42.0 Å². The van der Waals surface area contributed by atoms with Crippen molar-refractivity contribution in [3.63, 3.8) is 0 Å². The molecule has 0 heterocycles. The monoisotopic (exact) mass is 284 g/mol. The molecule has 2 nitrogen and oxygen atoms in total. The molecular formula is C19H24O2. The number of allylic oxidation sites excluding steroid dienone is 2. The van der Waals surface area contributed by atoms with E-state index in [9.17, 15) is 4.79 Å². The third-order valence-corrected chi connectivity index (χ3v) is 5.20. The fraction of sp³-hybridized carbons (Fsp3) is 0.526. The molecule has 2 unspecified atom stereocenters. The average molecular weight is 284 g/mol. The van der Waals surface area contributed by atoms with Crippen molar-refractivity contribution in [1.29, 1.82) is 0 Å². The Labute approximate surface area is 127 Å². The first-order valence-corrected chi connectivity index (χ1v) is 8.03. The molecule has 0 amide bonds. The number of ketones is 1. The number of ether oxygens (including phenoxy) is 1. The quantitative estimate of drug-likeness (QED) is 0.575. The van der Waals surface area contributed by atoms with E-state index < -0.39 is 0 Å². The summed E-state index contributed by atoms with van der Waals surface area (Å²) in [7, 11) is 0. The fourth-order valence-electron chi connectivity index (χ4n) is 3.82. The van der Waals surface area contributed by atoms with E-state index in [1.807, 2.05) is 18.2 Å². The average Bonchev–Trinajstić information content (AvgIpc) is 2.50. The fourth-order valence-corrected chi connectivity index (χ4v) is 3.82. The Morgan fingerprint density at radius 3 is 2.81 bits per heavy atom. The second-order valence-electron chi connectivity index (χ2n) is 6.56. The molecule has 21 heavy (non-hydrogen) atoms. The lowest BCUT2D eigenvalue weighted by Gasteiger charge is -2.45. The largest absolute Gasteiger partial charge is 0.377 e. The molecule has 3 aliphatic rings. The Hall–Kier alpha value is -1.41. The van der Waals surface area contributed by atoms with Crippen molar-refractivity contribution in [1.82, 2.24) is 0 Å². The van der Waals surface area contributed by atoms with Gasteiger partial charge in [-0.25, -0.2) is 0 Å². The molecule has 0 aromatic heterocycles. The first-order chi connectivity index (χ1) is 10.2. The summed E-state index contributed by atoms with van der Waals surface area (Å²) < 4.78 is 5.77. The van der Waals surface area contributed by atoms with Crippen LogP contribution in [0.2, 0.25) is 0 Å². The molecule has 0 N–H and O–H groups in total. The number of fused-ring (bicyclic) bond motifs is 2. The number of benzene rings is 1. The van der Waals surface area contributed by atoms with Gasteiger partial charge in [0, 0.05) is 18.9 Å². The molecule has 4 rings (SSSR count). The van der Waals surface area contributed by atoms with Gasteiger partial charge in [0.2, 0.25) is 0 Å². The normalized spacial score (nSPS) is 27.8. The molecule has 3 aliphatic carbocycles. The molecule has 2 bridgehead atoms. The summed E-state index contributed by atoms with van der Waals surface area (Å²) in [5, 5.41) is 0. The van der Waals surface area contributed by atoms with Gasteiger partial charge < -0.3 is 4.74 Å². The second kappa shape index (κ2) is 6.15. The summed E-state index contributed by atoms with van der Waals surface area (Å²) in [5.41, 5.74) is 2.82. The highest BCUT2D eigenvalue weighted by Crippen LogP contribution is 2.51. The lowest BCUT2D eigenvalue weighted by molar-refractivity contribution is -0.127. The minimum atomic E-state index is 0.155. The summed E-state index contributed by atoms with van der Waals surface area (Å²) in [6.07, 6.45) is 7.35. The second-order valence-corrected chi connectivity index (χ2v) is 6.56. The van der Waals surface area contributed by atoms with Crippen molar-refractivity contribution in [3.8, 4) is 0 Å². The van der Waals surface area contributed by atoms with E-state index in [0.717, 1.165) is 32.3 Å². The van der Waals surface area contributed by atoms with E-state index in [0.29, 0.717) is 12.4 Å². The SMILES string of the molecule is CC1=CC2CCC1(CCCOCc1ccccc1)CC2=O. The summed E-state index contributed by atoms with van der Waals surface area (Å²) in [5.74, 6) is 0.679. The lowest BCUT2D eigenvalue weighted by Crippen LogP contribution is -2.39. The van der Waals surface area contributed by atoms with E-state index in [4.69, 9.17) is 4.74 Å². The first kappa shape index (κ1) is 14.5. The van der Waals surface area contributed by atoms with Gasteiger partial charge in [0.25, 0.3) is 0 Å². The molecule has 1 aromatic rings. The van der Waals surface area contributed by atoms with Gasteiger partial charge in [-0.15, -0.1) is 0 Å². The van der Waals surface area contributed by atoms with Gasteiger partial charge in [-0.3, -0.25) is 4.79 Å². The number of hydrogen-bond acceptors (Lipinski definition) is 2. The number of carbonyl (C=O) groups is 1. The van der Waals surface area contributed by atoms with Gasteiger partial charge in [-0.1, -0.05) is 42.0 Å². The summed E-state index contributed by atoms with van der Waals surface area (Å²) in [6.45, 7) is 3.68. The lowest BCUT2D eigenvalue weighted by atomic mass is 9.59. The maximum absolute atomic E-state index is 12.0. The van der Waals surface area contributed by atoms with Gasteiger partial charge in [0.05, 0.1) is 6.61 Å². The van der Waals surface area contributed by atoms with Crippen molar-refractivity contribution in [2.24, 2.45) is 11.3 Å². The van der Waals surface area contributed by atoms with Gasteiger partial charge in [0.15, 0.2) is 0 Å². The summed E-state index contributed by atoms with van der Waals surface area (Å²) in [6, 6.07) is 10.3. The highest BCUT2D eigenvalue weighted by Gasteiger charge is 2.44. The van der Waals surface area contributed by atoms with Crippen LogP contribution in [0.4, 0.5) is 0 Å². The predicted molar refractivity (Wildman–Crippen MR) is 83.9 cm³/mol. The van der Waals surface area contributed by atoms with Crippen LogP contribution in [0.5, 0.6) is 0 Å². The predicted octanol–water partition coefficient (Wildman–Crippen LogP) is 4.30. The van der Waals surface area contributed by atoms with Crippen LogP contribution < -0.4 is 0 Å².